The highest BCUT2D eigenvalue weighted by molar-refractivity contribution is 5.97. The van der Waals surface area contributed by atoms with E-state index in [1.54, 1.807) is 42.7 Å². The fourth-order valence-electron chi connectivity index (χ4n) is 2.20. The molecule has 1 aromatic carbocycles. The summed E-state index contributed by atoms with van der Waals surface area (Å²) in [6.07, 6.45) is 3.70. The summed E-state index contributed by atoms with van der Waals surface area (Å²) >= 11 is 0. The minimum atomic E-state index is -0.698. The van der Waals surface area contributed by atoms with Gasteiger partial charge in [-0.25, -0.2) is 0 Å². The van der Waals surface area contributed by atoms with Crippen molar-refractivity contribution in [1.29, 1.82) is 0 Å². The van der Waals surface area contributed by atoms with E-state index in [4.69, 9.17) is 5.73 Å². The van der Waals surface area contributed by atoms with E-state index in [9.17, 15) is 9.59 Å². The second-order valence-corrected chi connectivity index (χ2v) is 5.60. The molecule has 0 radical (unpaired) electrons. The largest absolute Gasteiger partial charge is 0.351 e. The van der Waals surface area contributed by atoms with Crippen LogP contribution in [0.3, 0.4) is 0 Å². The molecule has 4 N–H and O–H groups in total. The number of rotatable bonds is 7. The van der Waals surface area contributed by atoms with Crippen LogP contribution in [0.4, 0.5) is 0 Å². The molecule has 2 atom stereocenters. The van der Waals surface area contributed by atoms with Gasteiger partial charge in [0.2, 0.25) is 5.91 Å². The van der Waals surface area contributed by atoms with Gasteiger partial charge in [-0.1, -0.05) is 24.3 Å². The lowest BCUT2D eigenvalue weighted by Crippen LogP contribution is -2.51. The molecule has 0 aliphatic carbocycles. The van der Waals surface area contributed by atoms with E-state index in [0.717, 1.165) is 5.56 Å². The summed E-state index contributed by atoms with van der Waals surface area (Å²) in [6, 6.07) is 11.6. The summed E-state index contributed by atoms with van der Waals surface area (Å²) in [6.45, 7) is 2.15. The molecule has 1 unspecified atom stereocenters. The first-order chi connectivity index (χ1) is 11.6. The van der Waals surface area contributed by atoms with Crippen LogP contribution in [0.5, 0.6) is 0 Å². The van der Waals surface area contributed by atoms with Crippen LogP contribution in [0.2, 0.25) is 0 Å². The molecule has 0 aliphatic heterocycles. The lowest BCUT2D eigenvalue weighted by Gasteiger charge is -2.21. The van der Waals surface area contributed by atoms with Crippen molar-refractivity contribution in [3.63, 3.8) is 0 Å². The zero-order valence-electron chi connectivity index (χ0n) is 13.6. The molecule has 0 aliphatic rings. The van der Waals surface area contributed by atoms with Crippen LogP contribution in [-0.4, -0.2) is 35.4 Å². The number of aromatic nitrogens is 1. The Labute approximate surface area is 141 Å². The van der Waals surface area contributed by atoms with E-state index >= 15 is 0 Å². The highest BCUT2D eigenvalue weighted by Gasteiger charge is 2.23. The van der Waals surface area contributed by atoms with E-state index in [1.165, 1.54) is 0 Å². The second-order valence-electron chi connectivity index (χ2n) is 5.60. The zero-order chi connectivity index (χ0) is 17.4. The number of nitrogens with zero attached hydrogens (tertiary/aromatic N) is 1. The van der Waals surface area contributed by atoms with Crippen LogP contribution in [0.15, 0.2) is 54.9 Å². The van der Waals surface area contributed by atoms with Gasteiger partial charge in [-0.2, -0.15) is 0 Å². The first-order valence-corrected chi connectivity index (χ1v) is 7.85. The predicted octanol–water partition coefficient (Wildman–Crippen LogP) is 0.886. The number of carbonyl (C=O) groups is 2. The van der Waals surface area contributed by atoms with Crippen molar-refractivity contribution in [2.24, 2.45) is 5.73 Å². The number of hydrogen-bond acceptors (Lipinski definition) is 4. The van der Waals surface area contributed by atoms with Gasteiger partial charge in [0.15, 0.2) is 0 Å². The maximum absolute atomic E-state index is 12.5. The summed E-state index contributed by atoms with van der Waals surface area (Å²) in [7, 11) is 0. The Hall–Kier alpha value is -2.73. The van der Waals surface area contributed by atoms with Crippen LogP contribution in [-0.2, 0) is 11.2 Å². The smallest absolute Gasteiger partial charge is 0.251 e. The summed E-state index contributed by atoms with van der Waals surface area (Å²) < 4.78 is 0. The molecule has 2 rings (SSSR count). The number of nitrogens with two attached hydrogens (primary N) is 1. The molecule has 1 heterocycles. The molecule has 0 saturated carbocycles. The van der Waals surface area contributed by atoms with Gasteiger partial charge in [-0.15, -0.1) is 0 Å². The molecule has 2 amide bonds. The van der Waals surface area contributed by atoms with Gasteiger partial charge in [0.1, 0.15) is 6.04 Å². The Morgan fingerprint density at radius 3 is 2.50 bits per heavy atom. The molecule has 6 nitrogen and oxygen atoms in total. The predicted molar refractivity (Wildman–Crippen MR) is 92.3 cm³/mol. The molecule has 2 aromatic rings. The second kappa shape index (κ2) is 8.79. The molecule has 6 heteroatoms. The van der Waals surface area contributed by atoms with Crippen LogP contribution < -0.4 is 16.4 Å². The molecule has 0 saturated heterocycles. The van der Waals surface area contributed by atoms with Gasteiger partial charge in [-0.3, -0.25) is 14.6 Å². The minimum Gasteiger partial charge on any atom is -0.351 e. The van der Waals surface area contributed by atoms with Gasteiger partial charge in [0, 0.05) is 37.0 Å². The first-order valence-electron chi connectivity index (χ1n) is 7.85. The number of pyridine rings is 1. The third-order valence-corrected chi connectivity index (χ3v) is 3.56. The number of benzene rings is 1. The normalized spacial score (nSPS) is 12.9. The average molecular weight is 326 g/mol. The fourth-order valence-corrected chi connectivity index (χ4v) is 2.20. The average Bonchev–Trinajstić information content (AvgIpc) is 2.62. The summed E-state index contributed by atoms with van der Waals surface area (Å²) in [5.74, 6) is -0.555. The molecule has 24 heavy (non-hydrogen) atoms. The number of hydrogen-bond donors (Lipinski definition) is 3. The summed E-state index contributed by atoms with van der Waals surface area (Å²) in [4.78, 5) is 28.9. The van der Waals surface area contributed by atoms with E-state index < -0.39 is 6.04 Å². The Balaban J connectivity index is 2.12. The maximum Gasteiger partial charge on any atom is 0.251 e. The number of carbonyl (C=O) groups excluding carboxylic acids is 2. The standard InChI is InChI=1S/C18H22N4O2/c1-13(11-19)21-18(24)16(10-14-6-5-9-20-12-14)22-17(23)15-7-3-2-4-8-15/h2-9,12-13,16H,10-11,19H2,1H3,(H,21,24)(H,22,23)/t13-,16?/m0/s1. The van der Waals surface area contributed by atoms with E-state index in [1.807, 2.05) is 19.1 Å². The SMILES string of the molecule is C[C@@H](CN)NC(=O)C(Cc1cccnc1)NC(=O)c1ccccc1. The monoisotopic (exact) mass is 326 g/mol. The van der Waals surface area contributed by atoms with Gasteiger partial charge in [0.05, 0.1) is 0 Å². The van der Waals surface area contributed by atoms with E-state index in [0.29, 0.717) is 18.5 Å². The highest BCUT2D eigenvalue weighted by Crippen LogP contribution is 2.05. The third kappa shape index (κ3) is 5.17. The molecule has 0 fully saturated rings. The van der Waals surface area contributed by atoms with Crippen molar-refractivity contribution in [1.82, 2.24) is 15.6 Å². The van der Waals surface area contributed by atoms with Crippen LogP contribution in [0.1, 0.15) is 22.8 Å². The third-order valence-electron chi connectivity index (χ3n) is 3.56. The van der Waals surface area contributed by atoms with Gasteiger partial charge < -0.3 is 16.4 Å². The van der Waals surface area contributed by atoms with E-state index in [2.05, 4.69) is 15.6 Å². The van der Waals surface area contributed by atoms with Gasteiger partial charge in [-0.05, 0) is 30.7 Å². The maximum atomic E-state index is 12.5. The number of nitrogens with one attached hydrogen (secondary N) is 2. The van der Waals surface area contributed by atoms with Gasteiger partial charge >= 0.3 is 0 Å². The van der Waals surface area contributed by atoms with Crippen molar-refractivity contribution in [2.75, 3.05) is 6.54 Å². The quantitative estimate of drug-likeness (QED) is 0.704. The van der Waals surface area contributed by atoms with Crippen molar-refractivity contribution in [3.05, 3.63) is 66.0 Å². The van der Waals surface area contributed by atoms with Crippen molar-refractivity contribution in [2.45, 2.75) is 25.4 Å². The summed E-state index contributed by atoms with van der Waals surface area (Å²) in [5, 5.41) is 5.60. The minimum absolute atomic E-state index is 0.164. The Morgan fingerprint density at radius 1 is 1.12 bits per heavy atom. The van der Waals surface area contributed by atoms with E-state index in [-0.39, 0.29) is 17.9 Å². The topological polar surface area (TPSA) is 97.1 Å². The Bertz CT molecular complexity index is 661. The lowest BCUT2D eigenvalue weighted by atomic mass is 10.1. The Kier molecular flexibility index (Phi) is 6.45. The van der Waals surface area contributed by atoms with Crippen LogP contribution in [0, 0.1) is 0 Å². The number of amides is 2. The zero-order valence-corrected chi connectivity index (χ0v) is 13.6. The van der Waals surface area contributed by atoms with Crippen LogP contribution >= 0.6 is 0 Å². The fraction of sp³-hybridized carbons (Fsp3) is 0.278. The van der Waals surface area contributed by atoms with Gasteiger partial charge in [0.25, 0.3) is 5.91 Å². The lowest BCUT2D eigenvalue weighted by molar-refractivity contribution is -0.123. The van der Waals surface area contributed by atoms with Crippen LogP contribution in [0.25, 0.3) is 0 Å². The van der Waals surface area contributed by atoms with Crippen molar-refractivity contribution < 1.29 is 9.59 Å². The Morgan fingerprint density at radius 2 is 1.88 bits per heavy atom. The summed E-state index contributed by atoms with van der Waals surface area (Å²) in [5.41, 5.74) is 6.93. The highest BCUT2D eigenvalue weighted by atomic mass is 16.2. The molecule has 126 valence electrons. The molecular weight excluding hydrogens is 304 g/mol. The molecule has 0 spiro atoms. The first kappa shape index (κ1) is 17.6. The van der Waals surface area contributed by atoms with Crippen molar-refractivity contribution in [3.8, 4) is 0 Å². The molecule has 1 aromatic heterocycles. The molecular formula is C18H22N4O2. The van der Waals surface area contributed by atoms with Crippen molar-refractivity contribution >= 4 is 11.8 Å². The molecule has 0 bridgehead atoms.